The zero-order valence-corrected chi connectivity index (χ0v) is 23.9. The molecular weight excluding hydrogens is 550 g/mol. The third-order valence-electron chi connectivity index (χ3n) is 7.04. The standard InChI is InChI=1S/C29H32F2N6O3S/c1-18(2)17-32-27-15-21(37-10-8-36(3)9-11-37)4-6-24(27)29(38)33-28-25-16-22(5-7-26(25)34-35-28)41(39,40)23-13-19(30)12-20(31)14-23/h4-7,12-16,18,32H,8-11,17H2,1-3H3,(H2,33,34,35,38). The molecule has 1 amide bonds. The third-order valence-corrected chi connectivity index (χ3v) is 8.77. The first-order chi connectivity index (χ1) is 19.5. The van der Waals surface area contributed by atoms with Gasteiger partial charge in [-0.1, -0.05) is 13.8 Å². The minimum Gasteiger partial charge on any atom is -0.384 e. The van der Waals surface area contributed by atoms with Gasteiger partial charge in [-0.25, -0.2) is 17.2 Å². The average Bonchev–Trinajstić information content (AvgIpc) is 3.33. The maximum Gasteiger partial charge on any atom is 0.258 e. The van der Waals surface area contributed by atoms with Crippen LogP contribution in [0.25, 0.3) is 10.9 Å². The van der Waals surface area contributed by atoms with Crippen LogP contribution in [0, 0.1) is 17.6 Å². The molecule has 4 aromatic rings. The Bertz CT molecular complexity index is 1680. The number of piperazine rings is 1. The summed E-state index contributed by atoms with van der Waals surface area (Å²) in [7, 11) is -2.15. The lowest BCUT2D eigenvalue weighted by molar-refractivity contribution is 0.102. The van der Waals surface area contributed by atoms with Crippen molar-refractivity contribution in [1.82, 2.24) is 15.1 Å². The van der Waals surface area contributed by atoms with Crippen LogP contribution in [-0.2, 0) is 9.84 Å². The molecule has 9 nitrogen and oxygen atoms in total. The van der Waals surface area contributed by atoms with Gasteiger partial charge in [0.2, 0.25) is 9.84 Å². The summed E-state index contributed by atoms with van der Waals surface area (Å²) < 4.78 is 53.8. The van der Waals surface area contributed by atoms with Gasteiger partial charge in [0.15, 0.2) is 5.82 Å². The van der Waals surface area contributed by atoms with E-state index >= 15 is 0 Å². The molecular formula is C29H32F2N6O3S. The number of carbonyl (C=O) groups is 1. The molecule has 5 rings (SSSR count). The van der Waals surface area contributed by atoms with Crippen molar-refractivity contribution in [1.29, 1.82) is 0 Å². The number of amides is 1. The van der Waals surface area contributed by atoms with Gasteiger partial charge >= 0.3 is 0 Å². The number of nitrogens with zero attached hydrogens (tertiary/aromatic N) is 3. The fourth-order valence-corrected chi connectivity index (χ4v) is 6.03. The molecule has 0 spiro atoms. The van der Waals surface area contributed by atoms with E-state index in [4.69, 9.17) is 0 Å². The van der Waals surface area contributed by atoms with Crippen molar-refractivity contribution < 1.29 is 22.0 Å². The summed E-state index contributed by atoms with van der Waals surface area (Å²) in [5, 5.41) is 13.5. The molecule has 1 fully saturated rings. The first kappa shape index (κ1) is 28.5. The highest BCUT2D eigenvalue weighted by molar-refractivity contribution is 7.91. The number of halogens is 2. The smallest absolute Gasteiger partial charge is 0.258 e. The van der Waals surface area contributed by atoms with Gasteiger partial charge < -0.3 is 20.4 Å². The normalized spacial score (nSPS) is 14.5. The van der Waals surface area contributed by atoms with Crippen LogP contribution in [0.3, 0.4) is 0 Å². The number of H-pyrrole nitrogens is 1. The van der Waals surface area contributed by atoms with Gasteiger partial charge in [-0.15, -0.1) is 0 Å². The summed E-state index contributed by atoms with van der Waals surface area (Å²) in [6.45, 7) is 8.51. The number of carbonyl (C=O) groups excluding carboxylic acids is 1. The Labute approximate surface area is 237 Å². The highest BCUT2D eigenvalue weighted by atomic mass is 32.2. The first-order valence-electron chi connectivity index (χ1n) is 13.3. The van der Waals surface area contributed by atoms with Crippen molar-refractivity contribution in [2.45, 2.75) is 23.6 Å². The van der Waals surface area contributed by atoms with Gasteiger partial charge in [-0.05, 0) is 61.5 Å². The van der Waals surface area contributed by atoms with Crippen molar-refractivity contribution >= 4 is 43.8 Å². The fraction of sp³-hybridized carbons (Fsp3) is 0.310. The van der Waals surface area contributed by atoms with E-state index in [0.29, 0.717) is 40.7 Å². The highest BCUT2D eigenvalue weighted by Gasteiger charge is 2.23. The number of hydrogen-bond acceptors (Lipinski definition) is 7. The molecule has 2 heterocycles. The number of fused-ring (bicyclic) bond motifs is 1. The Morgan fingerprint density at radius 2 is 1.68 bits per heavy atom. The molecule has 0 aliphatic carbocycles. The van der Waals surface area contributed by atoms with Crippen LogP contribution < -0.4 is 15.5 Å². The van der Waals surface area contributed by atoms with Gasteiger partial charge in [0.25, 0.3) is 5.91 Å². The van der Waals surface area contributed by atoms with Crippen molar-refractivity contribution in [3.05, 3.63) is 71.8 Å². The Hall–Kier alpha value is -4.03. The number of rotatable bonds is 8. The van der Waals surface area contributed by atoms with E-state index in [0.717, 1.165) is 44.0 Å². The second-order valence-corrected chi connectivity index (χ2v) is 12.6. The van der Waals surface area contributed by atoms with Gasteiger partial charge in [0, 0.05) is 55.6 Å². The van der Waals surface area contributed by atoms with Gasteiger partial charge in [-0.3, -0.25) is 9.89 Å². The number of aromatic nitrogens is 2. The largest absolute Gasteiger partial charge is 0.384 e. The fourth-order valence-electron chi connectivity index (χ4n) is 4.70. The van der Waals surface area contributed by atoms with E-state index in [1.165, 1.54) is 18.2 Å². The molecule has 3 N–H and O–H groups in total. The molecule has 216 valence electrons. The van der Waals surface area contributed by atoms with Crippen molar-refractivity contribution in [3.8, 4) is 0 Å². The molecule has 0 radical (unpaired) electrons. The van der Waals surface area contributed by atoms with E-state index in [1.807, 2.05) is 12.1 Å². The van der Waals surface area contributed by atoms with Crippen LogP contribution in [0.4, 0.5) is 26.0 Å². The molecule has 12 heteroatoms. The van der Waals surface area contributed by atoms with E-state index < -0.39 is 32.3 Å². The third kappa shape index (κ3) is 6.18. The molecule has 1 saturated heterocycles. The summed E-state index contributed by atoms with van der Waals surface area (Å²) in [4.78, 5) is 17.4. The van der Waals surface area contributed by atoms with Crippen LogP contribution in [0.1, 0.15) is 24.2 Å². The number of nitrogens with one attached hydrogen (secondary N) is 3. The van der Waals surface area contributed by atoms with E-state index in [9.17, 15) is 22.0 Å². The van der Waals surface area contributed by atoms with Crippen LogP contribution in [0.5, 0.6) is 0 Å². The summed E-state index contributed by atoms with van der Waals surface area (Å²) in [5.74, 6) is -1.94. The molecule has 1 aliphatic heterocycles. The Balaban J connectivity index is 1.45. The molecule has 41 heavy (non-hydrogen) atoms. The van der Waals surface area contributed by atoms with E-state index in [2.05, 4.69) is 51.5 Å². The Morgan fingerprint density at radius 1 is 0.976 bits per heavy atom. The Kier molecular flexibility index (Phi) is 7.96. The van der Waals surface area contributed by atoms with Crippen molar-refractivity contribution in [2.75, 3.05) is 55.3 Å². The van der Waals surface area contributed by atoms with Crippen molar-refractivity contribution in [2.24, 2.45) is 5.92 Å². The highest BCUT2D eigenvalue weighted by Crippen LogP contribution is 2.30. The van der Waals surface area contributed by atoms with Crippen LogP contribution >= 0.6 is 0 Å². The van der Waals surface area contributed by atoms with Gasteiger partial charge in [0.05, 0.1) is 20.9 Å². The second kappa shape index (κ2) is 11.5. The lowest BCUT2D eigenvalue weighted by Gasteiger charge is -2.34. The van der Waals surface area contributed by atoms with E-state index in [-0.39, 0.29) is 10.7 Å². The van der Waals surface area contributed by atoms with E-state index in [1.54, 1.807) is 6.07 Å². The first-order valence-corrected chi connectivity index (χ1v) is 14.8. The maximum atomic E-state index is 13.7. The maximum absolute atomic E-state index is 13.7. The zero-order chi connectivity index (χ0) is 29.3. The minimum atomic E-state index is -4.24. The number of aromatic amines is 1. The molecule has 0 unspecified atom stereocenters. The number of hydrogen-bond donors (Lipinski definition) is 3. The number of benzene rings is 3. The van der Waals surface area contributed by atoms with Crippen LogP contribution in [0.15, 0.2) is 64.4 Å². The summed E-state index contributed by atoms with van der Waals surface area (Å²) in [5.41, 5.74) is 2.60. The van der Waals surface area contributed by atoms with Gasteiger partial charge in [-0.2, -0.15) is 5.10 Å². The zero-order valence-electron chi connectivity index (χ0n) is 23.0. The summed E-state index contributed by atoms with van der Waals surface area (Å²) in [6, 6.07) is 11.9. The van der Waals surface area contributed by atoms with Gasteiger partial charge in [0.1, 0.15) is 11.6 Å². The number of likely N-dealkylation sites (N-methyl/N-ethyl adjacent to an activating group) is 1. The minimum absolute atomic E-state index is 0.130. The molecule has 0 saturated carbocycles. The average molecular weight is 583 g/mol. The van der Waals surface area contributed by atoms with Crippen LogP contribution in [0.2, 0.25) is 0 Å². The predicted molar refractivity (Wildman–Crippen MR) is 155 cm³/mol. The molecule has 1 aromatic heterocycles. The molecule has 0 bridgehead atoms. The number of anilines is 3. The van der Waals surface area contributed by atoms with Crippen molar-refractivity contribution in [3.63, 3.8) is 0 Å². The Morgan fingerprint density at radius 3 is 2.37 bits per heavy atom. The topological polar surface area (TPSA) is 110 Å². The number of sulfone groups is 1. The monoisotopic (exact) mass is 582 g/mol. The molecule has 1 aliphatic rings. The molecule has 0 atom stereocenters. The SMILES string of the molecule is CC(C)CNc1cc(N2CCN(C)CC2)ccc1C(=O)Nc1n[nH]c2ccc(S(=O)(=O)c3cc(F)cc(F)c3)cc12. The quantitative estimate of drug-likeness (QED) is 0.275. The summed E-state index contributed by atoms with van der Waals surface area (Å²) in [6.07, 6.45) is 0. The summed E-state index contributed by atoms with van der Waals surface area (Å²) >= 11 is 0. The second-order valence-electron chi connectivity index (χ2n) is 10.6. The lowest BCUT2D eigenvalue weighted by Crippen LogP contribution is -2.44. The van der Waals surface area contributed by atoms with Crippen LogP contribution in [-0.4, -0.2) is 69.2 Å². The lowest BCUT2D eigenvalue weighted by atomic mass is 10.1. The molecule has 3 aromatic carbocycles. The predicted octanol–water partition coefficient (Wildman–Crippen LogP) is 4.75.